The van der Waals surface area contributed by atoms with Crippen molar-refractivity contribution < 1.29 is 0 Å². The van der Waals surface area contributed by atoms with Crippen molar-refractivity contribution in [2.75, 3.05) is 26.2 Å². The third kappa shape index (κ3) is 3.56. The lowest BCUT2D eigenvalue weighted by atomic mass is 10.2. The molecule has 0 amide bonds. The van der Waals surface area contributed by atoms with E-state index in [4.69, 9.17) is 0 Å². The first-order chi connectivity index (χ1) is 9.40. The van der Waals surface area contributed by atoms with Crippen LogP contribution < -0.4 is 0 Å². The second kappa shape index (κ2) is 6.18. The average molecular weight is 275 g/mol. The van der Waals surface area contributed by atoms with E-state index in [1.165, 1.54) is 17.1 Å². The Hall–Kier alpha value is -1.37. The first-order valence-electron chi connectivity index (χ1n) is 6.50. The van der Waals surface area contributed by atoms with Gasteiger partial charge in [-0.2, -0.15) is 0 Å². The Morgan fingerprint density at radius 1 is 1.11 bits per heavy atom. The summed E-state index contributed by atoms with van der Waals surface area (Å²) in [5.74, 6) is 0. The molecule has 2 aromatic heterocycles. The van der Waals surface area contributed by atoms with E-state index in [-0.39, 0.29) is 0 Å². The summed E-state index contributed by atoms with van der Waals surface area (Å²) in [5.41, 5.74) is 2.38. The number of hydrogen-bond acceptors (Lipinski definition) is 6. The van der Waals surface area contributed by atoms with Gasteiger partial charge >= 0.3 is 0 Å². The highest BCUT2D eigenvalue weighted by molar-refractivity contribution is 7.03. The van der Waals surface area contributed by atoms with Crippen LogP contribution in [0.15, 0.2) is 29.9 Å². The van der Waals surface area contributed by atoms with Crippen molar-refractivity contribution in [2.24, 2.45) is 0 Å². The first-order valence-corrected chi connectivity index (χ1v) is 7.33. The van der Waals surface area contributed by atoms with Crippen LogP contribution in [-0.4, -0.2) is 50.5 Å². The number of nitrogens with zero attached hydrogens (tertiary/aromatic N) is 5. The molecular weight excluding hydrogens is 258 g/mol. The van der Waals surface area contributed by atoms with Gasteiger partial charge in [0.2, 0.25) is 0 Å². The fraction of sp³-hybridized carbons (Fsp3) is 0.462. The van der Waals surface area contributed by atoms with Crippen molar-refractivity contribution >= 4 is 11.5 Å². The van der Waals surface area contributed by atoms with Crippen LogP contribution in [0.2, 0.25) is 0 Å². The van der Waals surface area contributed by atoms with Gasteiger partial charge in [-0.25, -0.2) is 0 Å². The molecule has 0 aliphatic carbocycles. The van der Waals surface area contributed by atoms with E-state index in [1.54, 1.807) is 0 Å². The van der Waals surface area contributed by atoms with Gasteiger partial charge in [0.05, 0.1) is 5.69 Å². The van der Waals surface area contributed by atoms with Gasteiger partial charge in [0.25, 0.3) is 0 Å². The van der Waals surface area contributed by atoms with E-state index >= 15 is 0 Å². The molecule has 2 aromatic rings. The van der Waals surface area contributed by atoms with Crippen LogP contribution in [0.1, 0.15) is 11.3 Å². The molecule has 0 N–H and O–H groups in total. The summed E-state index contributed by atoms with van der Waals surface area (Å²) in [5, 5.41) is 6.13. The third-order valence-corrected chi connectivity index (χ3v) is 3.94. The maximum absolute atomic E-state index is 4.16. The fourth-order valence-electron chi connectivity index (χ4n) is 2.34. The Labute approximate surface area is 117 Å². The van der Waals surface area contributed by atoms with Crippen LogP contribution >= 0.6 is 11.5 Å². The van der Waals surface area contributed by atoms with Gasteiger partial charge in [0.15, 0.2) is 0 Å². The zero-order chi connectivity index (χ0) is 12.9. The number of hydrogen-bond donors (Lipinski definition) is 0. The molecule has 6 heteroatoms. The van der Waals surface area contributed by atoms with Crippen molar-refractivity contribution in [1.29, 1.82) is 0 Å². The van der Waals surface area contributed by atoms with Crippen molar-refractivity contribution in [3.05, 3.63) is 41.2 Å². The van der Waals surface area contributed by atoms with Crippen molar-refractivity contribution in [2.45, 2.75) is 13.1 Å². The first kappa shape index (κ1) is 12.7. The van der Waals surface area contributed by atoms with Crippen molar-refractivity contribution in [3.63, 3.8) is 0 Å². The Bertz CT molecular complexity index is 479. The molecule has 19 heavy (non-hydrogen) atoms. The van der Waals surface area contributed by atoms with Crippen molar-refractivity contribution in [1.82, 2.24) is 24.4 Å². The molecule has 0 radical (unpaired) electrons. The lowest BCUT2D eigenvalue weighted by Crippen LogP contribution is -2.45. The third-order valence-electron chi connectivity index (χ3n) is 3.38. The van der Waals surface area contributed by atoms with Crippen LogP contribution in [0.25, 0.3) is 0 Å². The van der Waals surface area contributed by atoms with E-state index in [1.807, 2.05) is 23.8 Å². The van der Waals surface area contributed by atoms with Gasteiger partial charge in [-0.1, -0.05) is 10.6 Å². The molecule has 0 unspecified atom stereocenters. The normalized spacial score (nSPS) is 17.7. The zero-order valence-corrected chi connectivity index (χ0v) is 11.6. The van der Waals surface area contributed by atoms with E-state index in [0.29, 0.717) is 0 Å². The molecule has 0 atom stereocenters. The minimum Gasteiger partial charge on any atom is -0.296 e. The van der Waals surface area contributed by atoms with Gasteiger partial charge in [0.1, 0.15) is 0 Å². The monoisotopic (exact) mass is 275 g/mol. The van der Waals surface area contributed by atoms with Crippen molar-refractivity contribution in [3.8, 4) is 0 Å². The summed E-state index contributed by atoms with van der Waals surface area (Å²) in [6.45, 7) is 6.33. The van der Waals surface area contributed by atoms with E-state index < -0.39 is 0 Å². The highest BCUT2D eigenvalue weighted by Crippen LogP contribution is 2.10. The largest absolute Gasteiger partial charge is 0.296 e. The Kier molecular flexibility index (Phi) is 4.12. The predicted octanol–water partition coefficient (Wildman–Crippen LogP) is 1.25. The summed E-state index contributed by atoms with van der Waals surface area (Å²) in [6, 6.07) is 4.14. The van der Waals surface area contributed by atoms with Crippen LogP contribution in [0, 0.1) is 0 Å². The summed E-state index contributed by atoms with van der Waals surface area (Å²) >= 11 is 1.43. The second-order valence-corrected chi connectivity index (χ2v) is 5.42. The topological polar surface area (TPSA) is 45.2 Å². The lowest BCUT2D eigenvalue weighted by molar-refractivity contribution is 0.121. The molecule has 5 nitrogen and oxygen atoms in total. The lowest BCUT2D eigenvalue weighted by Gasteiger charge is -2.34. The average Bonchev–Trinajstić information content (AvgIpc) is 2.95. The summed E-state index contributed by atoms with van der Waals surface area (Å²) in [4.78, 5) is 9.08. The molecule has 0 saturated carbocycles. The van der Waals surface area contributed by atoms with Gasteiger partial charge in [-0.05, 0) is 23.2 Å². The number of pyridine rings is 1. The quantitative estimate of drug-likeness (QED) is 0.840. The SMILES string of the molecule is c1cncc(CN2CCN(Cc3csnn3)CC2)c1. The smallest absolute Gasteiger partial charge is 0.0895 e. The van der Waals surface area contributed by atoms with E-state index in [0.717, 1.165) is 45.0 Å². The summed E-state index contributed by atoms with van der Waals surface area (Å²) in [6.07, 6.45) is 3.77. The minimum absolute atomic E-state index is 0.928. The maximum Gasteiger partial charge on any atom is 0.0895 e. The molecule has 1 fully saturated rings. The van der Waals surface area contributed by atoms with Gasteiger partial charge in [-0.3, -0.25) is 14.8 Å². The molecule has 0 spiro atoms. The summed E-state index contributed by atoms with van der Waals surface area (Å²) < 4.78 is 3.91. The highest BCUT2D eigenvalue weighted by Gasteiger charge is 2.17. The molecule has 0 bridgehead atoms. The number of rotatable bonds is 4. The molecule has 3 rings (SSSR count). The van der Waals surface area contributed by atoms with Crippen LogP contribution in [0.3, 0.4) is 0 Å². The molecule has 0 aromatic carbocycles. The zero-order valence-electron chi connectivity index (χ0n) is 10.8. The van der Waals surface area contributed by atoms with E-state index in [2.05, 4.69) is 30.4 Å². The Morgan fingerprint density at radius 3 is 2.53 bits per heavy atom. The van der Waals surface area contributed by atoms with Crippen LogP contribution in [-0.2, 0) is 13.1 Å². The molecule has 1 saturated heterocycles. The summed E-state index contributed by atoms with van der Waals surface area (Å²) in [7, 11) is 0. The van der Waals surface area contributed by atoms with Gasteiger partial charge < -0.3 is 0 Å². The minimum atomic E-state index is 0.928. The Balaban J connectivity index is 1.47. The van der Waals surface area contributed by atoms with E-state index in [9.17, 15) is 0 Å². The molecule has 1 aliphatic rings. The van der Waals surface area contributed by atoms with Gasteiger partial charge in [0, 0.05) is 57.0 Å². The molecular formula is C13H17N5S. The maximum atomic E-state index is 4.16. The number of aromatic nitrogens is 3. The van der Waals surface area contributed by atoms with Crippen LogP contribution in [0.4, 0.5) is 0 Å². The fourth-order valence-corrected chi connectivity index (χ4v) is 2.78. The standard InChI is InChI=1S/C13H17N5S/c1-2-12(8-14-3-1)9-17-4-6-18(7-5-17)10-13-11-19-16-15-13/h1-3,8,11H,4-7,9-10H2. The number of piperazine rings is 1. The predicted molar refractivity (Wildman–Crippen MR) is 74.7 cm³/mol. The highest BCUT2D eigenvalue weighted by atomic mass is 32.1. The second-order valence-electron chi connectivity index (χ2n) is 4.81. The van der Waals surface area contributed by atoms with Gasteiger partial charge in [-0.15, -0.1) is 5.10 Å². The molecule has 1 aliphatic heterocycles. The Morgan fingerprint density at radius 2 is 1.89 bits per heavy atom. The van der Waals surface area contributed by atoms with Crippen LogP contribution in [0.5, 0.6) is 0 Å². The molecule has 3 heterocycles. The molecule has 100 valence electrons.